The molecule has 0 aromatic heterocycles. The standard InChI is InChI=1S/C18H28N2O/c1-4-19-15-11-12-17(14(3)13-15)18(21)20(5-2)16-9-7-6-8-10-16/h11-13,16,19H,4-10H2,1-3H3. The minimum Gasteiger partial charge on any atom is -0.385 e. The third-order valence-electron chi connectivity index (χ3n) is 4.45. The molecule has 1 aromatic carbocycles. The Kier molecular flexibility index (Phi) is 5.66. The maximum Gasteiger partial charge on any atom is 0.254 e. The van der Waals surface area contributed by atoms with Crippen molar-refractivity contribution in [3.05, 3.63) is 29.3 Å². The molecule has 0 spiro atoms. The van der Waals surface area contributed by atoms with Gasteiger partial charge in [0, 0.05) is 30.4 Å². The van der Waals surface area contributed by atoms with Gasteiger partial charge in [-0.2, -0.15) is 0 Å². The van der Waals surface area contributed by atoms with Crippen LogP contribution in [-0.4, -0.2) is 29.9 Å². The number of carbonyl (C=O) groups is 1. The third kappa shape index (κ3) is 3.78. The van der Waals surface area contributed by atoms with E-state index in [0.29, 0.717) is 6.04 Å². The van der Waals surface area contributed by atoms with Gasteiger partial charge in [0.25, 0.3) is 5.91 Å². The Balaban J connectivity index is 2.16. The number of amides is 1. The van der Waals surface area contributed by atoms with Crippen LogP contribution in [0.3, 0.4) is 0 Å². The normalized spacial score (nSPS) is 15.8. The number of hydrogen-bond donors (Lipinski definition) is 1. The molecule has 2 rings (SSSR count). The number of nitrogens with zero attached hydrogens (tertiary/aromatic N) is 1. The Hall–Kier alpha value is -1.51. The van der Waals surface area contributed by atoms with Crippen LogP contribution in [0.2, 0.25) is 0 Å². The van der Waals surface area contributed by atoms with Gasteiger partial charge in [-0.05, 0) is 57.4 Å². The van der Waals surface area contributed by atoms with Gasteiger partial charge in [-0.25, -0.2) is 0 Å². The summed E-state index contributed by atoms with van der Waals surface area (Å²) in [6.45, 7) is 7.90. The van der Waals surface area contributed by atoms with Crippen molar-refractivity contribution in [2.45, 2.75) is 58.9 Å². The largest absolute Gasteiger partial charge is 0.385 e. The first-order chi connectivity index (χ1) is 10.2. The minimum absolute atomic E-state index is 0.199. The van der Waals surface area contributed by atoms with Gasteiger partial charge in [0.05, 0.1) is 0 Å². The lowest BCUT2D eigenvalue weighted by atomic mass is 9.93. The number of nitrogens with one attached hydrogen (secondary N) is 1. The van der Waals surface area contributed by atoms with E-state index in [2.05, 4.69) is 30.1 Å². The quantitative estimate of drug-likeness (QED) is 0.879. The molecule has 0 radical (unpaired) electrons. The summed E-state index contributed by atoms with van der Waals surface area (Å²) < 4.78 is 0. The average molecular weight is 288 g/mol. The Labute approximate surface area is 128 Å². The number of rotatable bonds is 5. The first-order valence-corrected chi connectivity index (χ1v) is 8.32. The lowest BCUT2D eigenvalue weighted by molar-refractivity contribution is 0.0647. The van der Waals surface area contributed by atoms with E-state index < -0.39 is 0 Å². The molecule has 0 unspecified atom stereocenters. The van der Waals surface area contributed by atoms with E-state index in [1.54, 1.807) is 0 Å². The summed E-state index contributed by atoms with van der Waals surface area (Å²) in [4.78, 5) is 14.9. The molecule has 1 fully saturated rings. The second-order valence-electron chi connectivity index (χ2n) is 5.94. The fourth-order valence-corrected chi connectivity index (χ4v) is 3.33. The van der Waals surface area contributed by atoms with E-state index in [4.69, 9.17) is 0 Å². The summed E-state index contributed by atoms with van der Waals surface area (Å²) >= 11 is 0. The number of hydrogen-bond acceptors (Lipinski definition) is 2. The van der Waals surface area contributed by atoms with Crippen LogP contribution in [0, 0.1) is 6.92 Å². The second kappa shape index (κ2) is 7.48. The molecule has 0 saturated heterocycles. The van der Waals surface area contributed by atoms with E-state index in [0.717, 1.165) is 42.7 Å². The van der Waals surface area contributed by atoms with Crippen molar-refractivity contribution in [2.75, 3.05) is 18.4 Å². The first-order valence-electron chi connectivity index (χ1n) is 8.32. The summed E-state index contributed by atoms with van der Waals surface area (Å²) in [5.74, 6) is 0.199. The smallest absolute Gasteiger partial charge is 0.254 e. The summed E-state index contributed by atoms with van der Waals surface area (Å²) in [6, 6.07) is 6.49. The molecule has 0 bridgehead atoms. The number of anilines is 1. The molecular weight excluding hydrogens is 260 g/mol. The van der Waals surface area contributed by atoms with Crippen LogP contribution in [-0.2, 0) is 0 Å². The highest BCUT2D eigenvalue weighted by Gasteiger charge is 2.25. The van der Waals surface area contributed by atoms with Crippen molar-refractivity contribution >= 4 is 11.6 Å². The average Bonchev–Trinajstić information content (AvgIpc) is 2.49. The number of benzene rings is 1. The molecule has 1 amide bonds. The SMILES string of the molecule is CCNc1ccc(C(=O)N(CC)C2CCCCC2)c(C)c1. The molecular formula is C18H28N2O. The molecule has 3 nitrogen and oxygen atoms in total. The third-order valence-corrected chi connectivity index (χ3v) is 4.45. The van der Waals surface area contributed by atoms with Crippen molar-refractivity contribution in [3.63, 3.8) is 0 Å². The Morgan fingerprint density at radius 1 is 1.24 bits per heavy atom. The van der Waals surface area contributed by atoms with Gasteiger partial charge in [-0.1, -0.05) is 19.3 Å². The second-order valence-corrected chi connectivity index (χ2v) is 5.94. The topological polar surface area (TPSA) is 32.3 Å². The van der Waals surface area contributed by atoms with Crippen LogP contribution in [0.4, 0.5) is 5.69 Å². The van der Waals surface area contributed by atoms with Crippen LogP contribution in [0.1, 0.15) is 61.9 Å². The predicted molar refractivity (Wildman–Crippen MR) is 88.9 cm³/mol. The van der Waals surface area contributed by atoms with Gasteiger partial charge in [0.1, 0.15) is 0 Å². The first kappa shape index (κ1) is 15.9. The van der Waals surface area contributed by atoms with Gasteiger partial charge >= 0.3 is 0 Å². The van der Waals surface area contributed by atoms with Crippen LogP contribution < -0.4 is 5.32 Å². The molecule has 1 N–H and O–H groups in total. The fourth-order valence-electron chi connectivity index (χ4n) is 3.33. The molecule has 0 heterocycles. The summed E-state index contributed by atoms with van der Waals surface area (Å²) in [5.41, 5.74) is 3.00. The summed E-state index contributed by atoms with van der Waals surface area (Å²) in [5, 5.41) is 3.30. The van der Waals surface area contributed by atoms with Crippen molar-refractivity contribution in [2.24, 2.45) is 0 Å². The van der Waals surface area contributed by atoms with Crippen LogP contribution in [0.25, 0.3) is 0 Å². The summed E-state index contributed by atoms with van der Waals surface area (Å²) in [7, 11) is 0. The zero-order valence-corrected chi connectivity index (χ0v) is 13.6. The monoisotopic (exact) mass is 288 g/mol. The van der Waals surface area contributed by atoms with E-state index >= 15 is 0 Å². The van der Waals surface area contributed by atoms with Crippen LogP contribution in [0.15, 0.2) is 18.2 Å². The highest BCUT2D eigenvalue weighted by atomic mass is 16.2. The van der Waals surface area contributed by atoms with E-state index in [-0.39, 0.29) is 5.91 Å². The van der Waals surface area contributed by atoms with Crippen molar-refractivity contribution in [1.29, 1.82) is 0 Å². The van der Waals surface area contributed by atoms with Gasteiger partial charge in [-0.15, -0.1) is 0 Å². The van der Waals surface area contributed by atoms with Gasteiger partial charge < -0.3 is 10.2 Å². The summed E-state index contributed by atoms with van der Waals surface area (Å²) in [6.07, 6.45) is 6.15. The lowest BCUT2D eigenvalue weighted by Crippen LogP contribution is -2.41. The maximum atomic E-state index is 12.9. The Morgan fingerprint density at radius 3 is 2.52 bits per heavy atom. The fraction of sp³-hybridized carbons (Fsp3) is 0.611. The predicted octanol–water partition coefficient (Wildman–Crippen LogP) is 4.22. The highest BCUT2D eigenvalue weighted by molar-refractivity contribution is 5.96. The molecule has 1 aliphatic carbocycles. The zero-order chi connectivity index (χ0) is 15.2. The molecule has 116 valence electrons. The van der Waals surface area contributed by atoms with Crippen LogP contribution >= 0.6 is 0 Å². The minimum atomic E-state index is 0.199. The highest BCUT2D eigenvalue weighted by Crippen LogP contribution is 2.25. The van der Waals surface area contributed by atoms with Gasteiger partial charge in [0.2, 0.25) is 0 Å². The van der Waals surface area contributed by atoms with E-state index in [9.17, 15) is 4.79 Å². The zero-order valence-electron chi connectivity index (χ0n) is 13.6. The molecule has 1 aromatic rings. The molecule has 21 heavy (non-hydrogen) atoms. The molecule has 3 heteroatoms. The lowest BCUT2D eigenvalue weighted by Gasteiger charge is -2.34. The van der Waals surface area contributed by atoms with Crippen molar-refractivity contribution in [1.82, 2.24) is 4.90 Å². The molecule has 0 aliphatic heterocycles. The van der Waals surface area contributed by atoms with Crippen molar-refractivity contribution in [3.8, 4) is 0 Å². The maximum absolute atomic E-state index is 12.9. The van der Waals surface area contributed by atoms with E-state index in [1.807, 2.05) is 19.1 Å². The number of aryl methyl sites for hydroxylation is 1. The Morgan fingerprint density at radius 2 is 1.95 bits per heavy atom. The molecule has 0 atom stereocenters. The van der Waals surface area contributed by atoms with Gasteiger partial charge in [-0.3, -0.25) is 4.79 Å². The van der Waals surface area contributed by atoms with Gasteiger partial charge in [0.15, 0.2) is 0 Å². The Bertz CT molecular complexity index is 478. The van der Waals surface area contributed by atoms with Crippen molar-refractivity contribution < 1.29 is 4.79 Å². The number of carbonyl (C=O) groups excluding carboxylic acids is 1. The molecule has 1 saturated carbocycles. The molecule has 1 aliphatic rings. The van der Waals surface area contributed by atoms with E-state index in [1.165, 1.54) is 19.3 Å². The van der Waals surface area contributed by atoms with Crippen LogP contribution in [0.5, 0.6) is 0 Å².